The zero-order valence-electron chi connectivity index (χ0n) is 10.1. The van der Waals surface area contributed by atoms with Gasteiger partial charge in [-0.1, -0.05) is 24.6 Å². The molecular weight excluding hydrogens is 321 g/mol. The summed E-state index contributed by atoms with van der Waals surface area (Å²) in [5, 5.41) is 0. The largest absolute Gasteiger partial charge is 0.324 e. The third-order valence-electron chi connectivity index (χ3n) is 4.75. The zero-order valence-corrected chi connectivity index (χ0v) is 12.3. The van der Waals surface area contributed by atoms with E-state index in [0.29, 0.717) is 0 Å². The van der Waals surface area contributed by atoms with Gasteiger partial charge in [0.25, 0.3) is 0 Å². The Morgan fingerprint density at radius 2 is 2.06 bits per heavy atom. The van der Waals surface area contributed by atoms with E-state index in [1.54, 1.807) is 0 Å². The lowest BCUT2D eigenvalue weighted by molar-refractivity contribution is 0.296. The molecule has 0 radical (unpaired) electrons. The van der Waals surface area contributed by atoms with Gasteiger partial charge in [-0.2, -0.15) is 0 Å². The van der Waals surface area contributed by atoms with Gasteiger partial charge >= 0.3 is 0 Å². The van der Waals surface area contributed by atoms with E-state index in [2.05, 4.69) is 46.9 Å². The second-order valence-corrected chi connectivity index (χ2v) is 6.96. The first-order chi connectivity index (χ1) is 8.24. The SMILES string of the molecule is NC(CC1CC2CCC1C2)c1ccccc1I. The topological polar surface area (TPSA) is 26.0 Å². The van der Waals surface area contributed by atoms with Gasteiger partial charge in [-0.25, -0.2) is 0 Å². The molecule has 0 spiro atoms. The average molecular weight is 341 g/mol. The highest BCUT2D eigenvalue weighted by atomic mass is 127. The molecule has 1 nitrogen and oxygen atoms in total. The summed E-state index contributed by atoms with van der Waals surface area (Å²) in [7, 11) is 0. The van der Waals surface area contributed by atoms with Crippen molar-refractivity contribution in [1.29, 1.82) is 0 Å². The Hall–Kier alpha value is -0.0900. The maximum absolute atomic E-state index is 6.40. The van der Waals surface area contributed by atoms with Crippen LogP contribution in [0.25, 0.3) is 0 Å². The summed E-state index contributed by atoms with van der Waals surface area (Å²) in [5.74, 6) is 2.93. The highest BCUT2D eigenvalue weighted by Crippen LogP contribution is 2.50. The molecular formula is C15H20IN. The summed E-state index contributed by atoms with van der Waals surface area (Å²) >= 11 is 2.41. The van der Waals surface area contributed by atoms with Crippen LogP contribution < -0.4 is 5.73 Å². The van der Waals surface area contributed by atoms with E-state index in [-0.39, 0.29) is 6.04 Å². The van der Waals surface area contributed by atoms with Crippen molar-refractivity contribution in [2.24, 2.45) is 23.5 Å². The molecule has 1 aromatic rings. The van der Waals surface area contributed by atoms with Crippen LogP contribution in [0.5, 0.6) is 0 Å². The number of benzene rings is 1. The molecule has 0 aliphatic heterocycles. The van der Waals surface area contributed by atoms with Gasteiger partial charge in [0.2, 0.25) is 0 Å². The van der Waals surface area contributed by atoms with Crippen molar-refractivity contribution in [2.75, 3.05) is 0 Å². The molecule has 1 aromatic carbocycles. The minimum atomic E-state index is 0.243. The normalized spacial score (nSPS) is 32.9. The number of fused-ring (bicyclic) bond motifs is 2. The third-order valence-corrected chi connectivity index (χ3v) is 5.73. The lowest BCUT2D eigenvalue weighted by Crippen LogP contribution is -2.20. The Kier molecular flexibility index (Phi) is 3.44. The number of halogens is 1. The van der Waals surface area contributed by atoms with Crippen LogP contribution in [-0.4, -0.2) is 0 Å². The standard InChI is InChI=1S/C15H20IN/c16-14-4-2-1-3-13(14)15(17)9-12-8-10-5-6-11(12)7-10/h1-4,10-12,15H,5-9,17H2. The summed E-state index contributed by atoms with van der Waals surface area (Å²) in [6.07, 6.45) is 7.08. The first-order valence-corrected chi connectivity index (χ1v) is 7.82. The summed E-state index contributed by atoms with van der Waals surface area (Å²) < 4.78 is 1.32. The Bertz CT molecular complexity index is 404. The van der Waals surface area contributed by atoms with Crippen LogP contribution in [0, 0.1) is 21.3 Å². The molecule has 2 heteroatoms. The second kappa shape index (κ2) is 4.88. The van der Waals surface area contributed by atoms with Crippen molar-refractivity contribution in [2.45, 2.75) is 38.1 Å². The summed E-state index contributed by atoms with van der Waals surface area (Å²) in [6, 6.07) is 8.80. The molecule has 2 fully saturated rings. The molecule has 4 unspecified atom stereocenters. The lowest BCUT2D eigenvalue weighted by atomic mass is 9.83. The lowest BCUT2D eigenvalue weighted by Gasteiger charge is -2.25. The molecule has 2 saturated carbocycles. The molecule has 92 valence electrons. The summed E-state index contributed by atoms with van der Waals surface area (Å²) in [5.41, 5.74) is 7.75. The number of hydrogen-bond donors (Lipinski definition) is 1. The van der Waals surface area contributed by atoms with Gasteiger partial charge in [0.15, 0.2) is 0 Å². The second-order valence-electron chi connectivity index (χ2n) is 5.80. The molecule has 0 heterocycles. The molecule has 17 heavy (non-hydrogen) atoms. The van der Waals surface area contributed by atoms with Crippen LogP contribution in [-0.2, 0) is 0 Å². The predicted molar refractivity (Wildman–Crippen MR) is 79.6 cm³/mol. The zero-order chi connectivity index (χ0) is 11.8. The molecule has 2 aliphatic carbocycles. The van der Waals surface area contributed by atoms with E-state index < -0.39 is 0 Å². The van der Waals surface area contributed by atoms with Crippen LogP contribution >= 0.6 is 22.6 Å². The summed E-state index contributed by atoms with van der Waals surface area (Å²) in [4.78, 5) is 0. The quantitative estimate of drug-likeness (QED) is 0.823. The van der Waals surface area contributed by atoms with Gasteiger partial charge in [-0.05, 0) is 77.7 Å². The van der Waals surface area contributed by atoms with Gasteiger partial charge in [-0.15, -0.1) is 0 Å². The molecule has 2 bridgehead atoms. The monoisotopic (exact) mass is 341 g/mol. The highest BCUT2D eigenvalue weighted by molar-refractivity contribution is 14.1. The molecule has 0 saturated heterocycles. The number of nitrogens with two attached hydrogens (primary N) is 1. The van der Waals surface area contributed by atoms with Crippen LogP contribution in [0.1, 0.15) is 43.7 Å². The number of hydrogen-bond acceptors (Lipinski definition) is 1. The fraction of sp³-hybridized carbons (Fsp3) is 0.600. The molecule has 2 aliphatic rings. The Labute approximate surface area is 117 Å². The van der Waals surface area contributed by atoms with Gasteiger partial charge in [0.1, 0.15) is 0 Å². The smallest absolute Gasteiger partial charge is 0.0308 e. The minimum Gasteiger partial charge on any atom is -0.324 e. The molecule has 0 aromatic heterocycles. The van der Waals surface area contributed by atoms with Crippen molar-refractivity contribution in [3.63, 3.8) is 0 Å². The van der Waals surface area contributed by atoms with E-state index in [1.165, 1.54) is 41.2 Å². The third kappa shape index (κ3) is 2.39. The van der Waals surface area contributed by atoms with Crippen molar-refractivity contribution >= 4 is 22.6 Å². The van der Waals surface area contributed by atoms with Crippen LogP contribution in [0.2, 0.25) is 0 Å². The van der Waals surface area contributed by atoms with E-state index >= 15 is 0 Å². The van der Waals surface area contributed by atoms with Crippen LogP contribution in [0.3, 0.4) is 0 Å². The van der Waals surface area contributed by atoms with Crippen LogP contribution in [0.15, 0.2) is 24.3 Å². The van der Waals surface area contributed by atoms with Gasteiger partial charge < -0.3 is 5.73 Å². The highest BCUT2D eigenvalue weighted by Gasteiger charge is 2.39. The number of rotatable bonds is 3. The van der Waals surface area contributed by atoms with Crippen LogP contribution in [0.4, 0.5) is 0 Å². The van der Waals surface area contributed by atoms with E-state index in [1.807, 2.05) is 0 Å². The fourth-order valence-electron chi connectivity index (χ4n) is 3.89. The Morgan fingerprint density at radius 1 is 1.24 bits per heavy atom. The van der Waals surface area contributed by atoms with Gasteiger partial charge in [-0.3, -0.25) is 0 Å². The van der Waals surface area contributed by atoms with Crippen molar-refractivity contribution in [3.8, 4) is 0 Å². The molecule has 0 amide bonds. The molecule has 3 rings (SSSR count). The average Bonchev–Trinajstić information content (AvgIpc) is 2.91. The predicted octanol–water partition coefficient (Wildman–Crippen LogP) is 4.12. The molecule has 2 N–H and O–H groups in total. The van der Waals surface area contributed by atoms with Gasteiger partial charge in [0.05, 0.1) is 0 Å². The fourth-order valence-corrected chi connectivity index (χ4v) is 4.68. The minimum absolute atomic E-state index is 0.243. The van der Waals surface area contributed by atoms with E-state index in [4.69, 9.17) is 5.73 Å². The van der Waals surface area contributed by atoms with Crippen molar-refractivity contribution in [3.05, 3.63) is 33.4 Å². The maximum Gasteiger partial charge on any atom is 0.0308 e. The van der Waals surface area contributed by atoms with Crippen molar-refractivity contribution in [1.82, 2.24) is 0 Å². The van der Waals surface area contributed by atoms with E-state index in [0.717, 1.165) is 17.8 Å². The maximum atomic E-state index is 6.40. The van der Waals surface area contributed by atoms with Gasteiger partial charge in [0, 0.05) is 9.61 Å². The summed E-state index contributed by atoms with van der Waals surface area (Å²) in [6.45, 7) is 0. The first kappa shape index (κ1) is 12.0. The Morgan fingerprint density at radius 3 is 2.71 bits per heavy atom. The Balaban J connectivity index is 1.68. The van der Waals surface area contributed by atoms with Crippen molar-refractivity contribution < 1.29 is 0 Å². The first-order valence-electron chi connectivity index (χ1n) is 6.74. The van der Waals surface area contributed by atoms with E-state index in [9.17, 15) is 0 Å². The molecule has 4 atom stereocenters.